The Kier molecular flexibility index (Phi) is 7.33. The maximum atomic E-state index is 6.19. The average Bonchev–Trinajstić information content (AvgIpc) is 2.35. The van der Waals surface area contributed by atoms with Crippen molar-refractivity contribution in [2.75, 3.05) is 6.61 Å². The normalized spacial score (nSPS) is 14.4. The quantitative estimate of drug-likeness (QED) is 0.713. The van der Waals surface area contributed by atoms with Crippen molar-refractivity contribution in [1.82, 2.24) is 0 Å². The second kappa shape index (κ2) is 8.52. The van der Waals surface area contributed by atoms with Crippen LogP contribution in [0.5, 0.6) is 0 Å². The largest absolute Gasteiger partial charge is 0.372 e. The van der Waals surface area contributed by atoms with Crippen LogP contribution in [0.25, 0.3) is 0 Å². The van der Waals surface area contributed by atoms with Crippen LogP contribution in [0.2, 0.25) is 5.02 Å². The van der Waals surface area contributed by atoms with E-state index in [1.807, 2.05) is 31.2 Å². The van der Waals surface area contributed by atoms with Gasteiger partial charge in [0.05, 0.1) is 6.10 Å². The molecule has 0 spiro atoms. The molecule has 1 rings (SSSR count). The van der Waals surface area contributed by atoms with Gasteiger partial charge in [-0.2, -0.15) is 0 Å². The van der Waals surface area contributed by atoms with Gasteiger partial charge in [0.2, 0.25) is 0 Å². The fourth-order valence-electron chi connectivity index (χ4n) is 1.97. The number of hydrogen-bond acceptors (Lipinski definition) is 2. The lowest BCUT2D eigenvalue weighted by molar-refractivity contribution is 0.0359. The van der Waals surface area contributed by atoms with E-state index < -0.39 is 0 Å². The highest BCUT2D eigenvalue weighted by atomic mass is 35.5. The molecule has 2 unspecified atom stereocenters. The zero-order chi connectivity index (χ0) is 13.4. The molecule has 0 aliphatic rings. The number of benzene rings is 1. The summed E-state index contributed by atoms with van der Waals surface area (Å²) in [5.74, 6) is 0. The Labute approximate surface area is 115 Å². The maximum absolute atomic E-state index is 6.19. The van der Waals surface area contributed by atoms with Gasteiger partial charge >= 0.3 is 0 Å². The van der Waals surface area contributed by atoms with Gasteiger partial charge in [-0.15, -0.1) is 0 Å². The van der Waals surface area contributed by atoms with Gasteiger partial charge in [0.25, 0.3) is 0 Å². The van der Waals surface area contributed by atoms with E-state index in [2.05, 4.69) is 6.92 Å². The Bertz CT molecular complexity index is 341. The van der Waals surface area contributed by atoms with Gasteiger partial charge in [-0.05, 0) is 19.4 Å². The Morgan fingerprint density at radius 3 is 2.56 bits per heavy atom. The van der Waals surface area contributed by atoms with E-state index in [-0.39, 0.29) is 12.1 Å². The molecule has 0 aliphatic carbocycles. The lowest BCUT2D eigenvalue weighted by atomic mass is 10.0. The smallest absolute Gasteiger partial charge is 0.0987 e. The van der Waals surface area contributed by atoms with Crippen LogP contribution in [0.4, 0.5) is 0 Å². The number of halogens is 1. The molecule has 0 saturated heterocycles. The topological polar surface area (TPSA) is 35.2 Å². The first-order valence-corrected chi connectivity index (χ1v) is 7.16. The molecule has 1 aromatic rings. The number of unbranched alkanes of at least 4 members (excludes halogenated alkanes) is 3. The average molecular weight is 270 g/mol. The molecule has 0 aliphatic heterocycles. The predicted molar refractivity (Wildman–Crippen MR) is 77.9 cm³/mol. The molecule has 1 aromatic carbocycles. The molecule has 3 heteroatoms. The van der Waals surface area contributed by atoms with Crippen LogP contribution in [-0.4, -0.2) is 12.6 Å². The number of nitrogens with two attached hydrogens (primary N) is 1. The summed E-state index contributed by atoms with van der Waals surface area (Å²) in [5, 5.41) is 0.730. The lowest BCUT2D eigenvalue weighted by Gasteiger charge is -2.23. The van der Waals surface area contributed by atoms with Crippen LogP contribution in [0, 0.1) is 0 Å². The first-order valence-electron chi connectivity index (χ1n) is 6.78. The summed E-state index contributed by atoms with van der Waals surface area (Å²) in [6, 6.07) is 7.70. The highest BCUT2D eigenvalue weighted by Gasteiger charge is 2.18. The van der Waals surface area contributed by atoms with E-state index >= 15 is 0 Å². The zero-order valence-electron chi connectivity index (χ0n) is 11.4. The van der Waals surface area contributed by atoms with E-state index in [4.69, 9.17) is 22.1 Å². The summed E-state index contributed by atoms with van der Waals surface area (Å²) in [6.45, 7) is 4.91. The van der Waals surface area contributed by atoms with Crippen molar-refractivity contribution in [3.05, 3.63) is 34.9 Å². The summed E-state index contributed by atoms with van der Waals surface area (Å²) >= 11 is 6.19. The number of rotatable bonds is 8. The van der Waals surface area contributed by atoms with E-state index in [9.17, 15) is 0 Å². The third-order valence-corrected chi connectivity index (χ3v) is 3.33. The van der Waals surface area contributed by atoms with Gasteiger partial charge in [0.15, 0.2) is 0 Å². The standard InChI is InChI=1S/C15H24ClNO/c1-3-4-5-8-11-18-15(12(2)17)13-9-6-7-10-14(13)16/h6-7,9-10,12,15H,3-5,8,11,17H2,1-2H3. The van der Waals surface area contributed by atoms with Gasteiger partial charge in [-0.3, -0.25) is 0 Å². The molecule has 0 radical (unpaired) electrons. The first kappa shape index (κ1) is 15.5. The van der Waals surface area contributed by atoms with Crippen molar-refractivity contribution in [1.29, 1.82) is 0 Å². The van der Waals surface area contributed by atoms with Gasteiger partial charge in [0.1, 0.15) is 0 Å². The van der Waals surface area contributed by atoms with E-state index in [0.29, 0.717) is 0 Å². The third kappa shape index (κ3) is 4.97. The van der Waals surface area contributed by atoms with E-state index in [0.717, 1.165) is 23.6 Å². The molecule has 102 valence electrons. The molecular formula is C15H24ClNO. The molecule has 0 fully saturated rings. The summed E-state index contributed by atoms with van der Waals surface area (Å²) in [6.07, 6.45) is 4.69. The van der Waals surface area contributed by atoms with Crippen molar-refractivity contribution < 1.29 is 4.74 Å². The van der Waals surface area contributed by atoms with Gasteiger partial charge in [-0.1, -0.05) is 56.0 Å². The predicted octanol–water partition coefficient (Wildman–Crippen LogP) is 4.33. The van der Waals surface area contributed by atoms with Crippen molar-refractivity contribution in [2.45, 2.75) is 51.7 Å². The highest BCUT2D eigenvalue weighted by molar-refractivity contribution is 6.31. The Morgan fingerprint density at radius 1 is 1.22 bits per heavy atom. The Hall–Kier alpha value is -0.570. The molecule has 0 bridgehead atoms. The number of hydrogen-bond donors (Lipinski definition) is 1. The third-order valence-electron chi connectivity index (χ3n) is 2.98. The molecule has 18 heavy (non-hydrogen) atoms. The SMILES string of the molecule is CCCCCCOC(c1ccccc1Cl)C(C)N. The lowest BCUT2D eigenvalue weighted by Crippen LogP contribution is -2.27. The fraction of sp³-hybridized carbons (Fsp3) is 0.600. The van der Waals surface area contributed by atoms with Crippen LogP contribution >= 0.6 is 11.6 Å². The van der Waals surface area contributed by atoms with Crippen LogP contribution in [0.3, 0.4) is 0 Å². The van der Waals surface area contributed by atoms with Gasteiger partial charge in [-0.25, -0.2) is 0 Å². The van der Waals surface area contributed by atoms with Crippen LogP contribution in [-0.2, 0) is 4.74 Å². The Morgan fingerprint density at radius 2 is 1.94 bits per heavy atom. The molecule has 0 aromatic heterocycles. The fourth-order valence-corrected chi connectivity index (χ4v) is 2.21. The zero-order valence-corrected chi connectivity index (χ0v) is 12.1. The van der Waals surface area contributed by atoms with Crippen LogP contribution < -0.4 is 5.73 Å². The number of ether oxygens (including phenoxy) is 1. The highest BCUT2D eigenvalue weighted by Crippen LogP contribution is 2.27. The molecule has 2 atom stereocenters. The molecule has 0 heterocycles. The first-order chi connectivity index (χ1) is 8.66. The molecule has 0 amide bonds. The maximum Gasteiger partial charge on any atom is 0.0987 e. The van der Waals surface area contributed by atoms with E-state index in [1.54, 1.807) is 0 Å². The van der Waals surface area contributed by atoms with Crippen molar-refractivity contribution in [3.63, 3.8) is 0 Å². The monoisotopic (exact) mass is 269 g/mol. The van der Waals surface area contributed by atoms with Gasteiger partial charge in [0, 0.05) is 23.2 Å². The second-order valence-corrected chi connectivity index (χ2v) is 5.14. The Balaban J connectivity index is 2.53. The van der Waals surface area contributed by atoms with Gasteiger partial charge < -0.3 is 10.5 Å². The van der Waals surface area contributed by atoms with E-state index in [1.165, 1.54) is 19.3 Å². The molecule has 2 nitrogen and oxygen atoms in total. The van der Waals surface area contributed by atoms with Crippen LogP contribution in [0.15, 0.2) is 24.3 Å². The van der Waals surface area contributed by atoms with Crippen LogP contribution in [0.1, 0.15) is 51.2 Å². The summed E-state index contributed by atoms with van der Waals surface area (Å²) in [5.41, 5.74) is 6.99. The van der Waals surface area contributed by atoms with Crippen molar-refractivity contribution in [2.24, 2.45) is 5.73 Å². The minimum atomic E-state index is -0.111. The summed E-state index contributed by atoms with van der Waals surface area (Å²) < 4.78 is 5.91. The summed E-state index contributed by atoms with van der Waals surface area (Å²) in [4.78, 5) is 0. The minimum Gasteiger partial charge on any atom is -0.372 e. The summed E-state index contributed by atoms with van der Waals surface area (Å²) in [7, 11) is 0. The minimum absolute atomic E-state index is 0.0592. The molecular weight excluding hydrogens is 246 g/mol. The molecule has 0 saturated carbocycles. The second-order valence-electron chi connectivity index (χ2n) is 4.73. The molecule has 2 N–H and O–H groups in total. The van der Waals surface area contributed by atoms with Crippen molar-refractivity contribution >= 4 is 11.6 Å². The van der Waals surface area contributed by atoms with Crippen molar-refractivity contribution in [3.8, 4) is 0 Å².